The first-order valence-electron chi connectivity index (χ1n) is 13.0. The monoisotopic (exact) mass is 588 g/mol. The maximum atomic E-state index is 14.9. The van der Waals surface area contributed by atoms with Crippen LogP contribution < -0.4 is 15.5 Å². The van der Waals surface area contributed by atoms with Crippen LogP contribution in [0.3, 0.4) is 0 Å². The molecule has 2 aliphatic heterocycles. The Labute approximate surface area is 233 Å². The summed E-state index contributed by atoms with van der Waals surface area (Å²) in [6.45, 7) is 3.01. The fraction of sp³-hybridized carbons (Fsp3) is 0.481. The van der Waals surface area contributed by atoms with Crippen molar-refractivity contribution in [2.75, 3.05) is 43.0 Å². The molecule has 2 N–H and O–H groups in total. The Morgan fingerprint density at radius 1 is 1.12 bits per heavy atom. The lowest BCUT2D eigenvalue weighted by molar-refractivity contribution is -0.139. The Morgan fingerprint density at radius 2 is 1.90 bits per heavy atom. The minimum absolute atomic E-state index is 0.115. The van der Waals surface area contributed by atoms with Crippen LogP contribution >= 0.6 is 11.6 Å². The summed E-state index contributed by atoms with van der Waals surface area (Å²) in [7, 11) is 0. The fourth-order valence-electron chi connectivity index (χ4n) is 4.86. The summed E-state index contributed by atoms with van der Waals surface area (Å²) in [5.41, 5.74) is 0.151. The lowest BCUT2D eigenvalue weighted by Crippen LogP contribution is -2.52. The lowest BCUT2D eigenvalue weighted by atomic mass is 10.1. The highest BCUT2D eigenvalue weighted by atomic mass is 35.5. The summed E-state index contributed by atoms with van der Waals surface area (Å²) < 4.78 is 73.0. The SMILES string of the molecule is C[C@H]1CN(c2cc(Cl)ccc2NC(=O)c2ccc(CNC(=O)[C@H]3CCCO3)c(F)c2F)CCN1CCC(F)(F)F. The van der Waals surface area contributed by atoms with Crippen LogP contribution in [-0.4, -0.2) is 67.8 Å². The molecule has 2 aromatic rings. The summed E-state index contributed by atoms with van der Waals surface area (Å²) in [5, 5.41) is 5.49. The molecule has 4 rings (SSSR count). The molecule has 218 valence electrons. The number of alkyl halides is 3. The average Bonchev–Trinajstić information content (AvgIpc) is 3.44. The van der Waals surface area contributed by atoms with Gasteiger partial charge in [0.05, 0.1) is 23.4 Å². The van der Waals surface area contributed by atoms with E-state index in [1.54, 1.807) is 11.0 Å². The van der Waals surface area contributed by atoms with Gasteiger partial charge in [-0.25, -0.2) is 8.78 Å². The Hall–Kier alpha value is -2.96. The van der Waals surface area contributed by atoms with E-state index in [1.165, 1.54) is 18.2 Å². The van der Waals surface area contributed by atoms with Crippen LogP contribution in [0.1, 0.15) is 42.1 Å². The normalized spacial score (nSPS) is 20.0. The number of nitrogens with one attached hydrogen (secondary N) is 2. The molecule has 2 amide bonds. The average molecular weight is 589 g/mol. The number of halogens is 6. The van der Waals surface area contributed by atoms with E-state index in [4.69, 9.17) is 16.3 Å². The van der Waals surface area contributed by atoms with Crippen molar-refractivity contribution in [2.24, 2.45) is 0 Å². The number of hydrogen-bond acceptors (Lipinski definition) is 5. The first-order chi connectivity index (χ1) is 18.9. The van der Waals surface area contributed by atoms with E-state index < -0.39 is 47.7 Å². The van der Waals surface area contributed by atoms with Crippen LogP contribution in [0, 0.1) is 11.6 Å². The third-order valence-corrected chi connectivity index (χ3v) is 7.31. The second-order valence-electron chi connectivity index (χ2n) is 9.93. The molecular formula is C27H30ClF5N4O3. The molecule has 2 atom stereocenters. The molecule has 0 aliphatic carbocycles. The number of anilines is 2. The fourth-order valence-corrected chi connectivity index (χ4v) is 5.03. The first kappa shape index (κ1) is 30.0. The van der Waals surface area contributed by atoms with Crippen molar-refractivity contribution in [1.29, 1.82) is 0 Å². The van der Waals surface area contributed by atoms with Crippen molar-refractivity contribution < 1.29 is 36.3 Å². The third-order valence-electron chi connectivity index (χ3n) is 7.08. The summed E-state index contributed by atoms with van der Waals surface area (Å²) >= 11 is 6.19. The van der Waals surface area contributed by atoms with Crippen molar-refractivity contribution in [2.45, 2.75) is 51.1 Å². The number of carbonyl (C=O) groups excluding carboxylic acids is 2. The van der Waals surface area contributed by atoms with Gasteiger partial charge in [-0.1, -0.05) is 17.7 Å². The second-order valence-corrected chi connectivity index (χ2v) is 10.4. The molecule has 2 aliphatic rings. The third kappa shape index (κ3) is 7.41. The second kappa shape index (κ2) is 12.7. The largest absolute Gasteiger partial charge is 0.390 e. The van der Waals surface area contributed by atoms with Crippen LogP contribution in [0.25, 0.3) is 0 Å². The van der Waals surface area contributed by atoms with Crippen molar-refractivity contribution in [3.8, 4) is 0 Å². The standard InChI is InChI=1S/C27H30ClF5N4O3/c1-16-15-37(11-10-36(16)9-8-27(31,32)33)21-13-18(28)5-7-20(21)35-25(38)19-6-4-17(23(29)24(19)30)14-34-26(39)22-3-2-12-40-22/h4-7,13,16,22H,2-3,8-12,14-15H2,1H3,(H,34,39)(H,35,38)/t16-,22+/m0/s1. The van der Waals surface area contributed by atoms with E-state index in [-0.39, 0.29) is 30.4 Å². The number of carbonyl (C=O) groups is 2. The van der Waals surface area contributed by atoms with Crippen LogP contribution in [0.15, 0.2) is 30.3 Å². The van der Waals surface area contributed by atoms with Crippen LogP contribution in [0.4, 0.5) is 33.3 Å². The molecule has 0 saturated carbocycles. The molecular weight excluding hydrogens is 559 g/mol. The zero-order valence-corrected chi connectivity index (χ0v) is 22.5. The number of amides is 2. The topological polar surface area (TPSA) is 73.9 Å². The zero-order chi connectivity index (χ0) is 29.0. The highest BCUT2D eigenvalue weighted by Gasteiger charge is 2.32. The predicted molar refractivity (Wildman–Crippen MR) is 141 cm³/mol. The van der Waals surface area contributed by atoms with E-state index in [2.05, 4.69) is 10.6 Å². The van der Waals surface area contributed by atoms with E-state index >= 15 is 0 Å². The molecule has 13 heteroatoms. The maximum Gasteiger partial charge on any atom is 0.390 e. The summed E-state index contributed by atoms with van der Waals surface area (Å²) in [6.07, 6.45) is -4.46. The maximum absolute atomic E-state index is 14.9. The van der Waals surface area contributed by atoms with Gasteiger partial charge in [0.2, 0.25) is 5.91 Å². The smallest absolute Gasteiger partial charge is 0.368 e. The van der Waals surface area contributed by atoms with Gasteiger partial charge < -0.3 is 20.3 Å². The van der Waals surface area contributed by atoms with E-state index in [0.717, 1.165) is 12.5 Å². The summed E-state index contributed by atoms with van der Waals surface area (Å²) in [4.78, 5) is 28.7. The number of hydrogen-bond donors (Lipinski definition) is 2. The van der Waals surface area contributed by atoms with Gasteiger partial charge >= 0.3 is 6.18 Å². The lowest BCUT2D eigenvalue weighted by Gasteiger charge is -2.41. The molecule has 0 unspecified atom stereocenters. The van der Waals surface area contributed by atoms with Gasteiger partial charge in [0, 0.05) is 56.0 Å². The molecule has 0 bridgehead atoms. The number of piperazine rings is 1. The van der Waals surface area contributed by atoms with Gasteiger partial charge in [-0.3, -0.25) is 14.5 Å². The van der Waals surface area contributed by atoms with Crippen LogP contribution in [0.2, 0.25) is 5.02 Å². The van der Waals surface area contributed by atoms with Gasteiger partial charge in [0.1, 0.15) is 6.10 Å². The predicted octanol–water partition coefficient (Wildman–Crippen LogP) is 5.13. The van der Waals surface area contributed by atoms with Crippen molar-refractivity contribution >= 4 is 34.8 Å². The van der Waals surface area contributed by atoms with Gasteiger partial charge in [-0.2, -0.15) is 13.2 Å². The molecule has 7 nitrogen and oxygen atoms in total. The molecule has 2 fully saturated rings. The summed E-state index contributed by atoms with van der Waals surface area (Å²) in [6, 6.07) is 6.82. The minimum Gasteiger partial charge on any atom is -0.368 e. The molecule has 2 heterocycles. The molecule has 2 saturated heterocycles. The number of benzene rings is 2. The number of rotatable bonds is 8. The van der Waals surface area contributed by atoms with Crippen LogP contribution in [-0.2, 0) is 16.1 Å². The highest BCUT2D eigenvalue weighted by Crippen LogP contribution is 2.32. The highest BCUT2D eigenvalue weighted by molar-refractivity contribution is 6.31. The molecule has 40 heavy (non-hydrogen) atoms. The van der Waals surface area contributed by atoms with Crippen molar-refractivity contribution in [3.05, 3.63) is 58.1 Å². The quantitative estimate of drug-likeness (QED) is 0.419. The Bertz CT molecular complexity index is 1240. The Morgan fingerprint density at radius 3 is 2.58 bits per heavy atom. The molecule has 0 aromatic heterocycles. The van der Waals surface area contributed by atoms with Crippen molar-refractivity contribution in [3.63, 3.8) is 0 Å². The van der Waals surface area contributed by atoms with E-state index in [0.29, 0.717) is 43.4 Å². The van der Waals surface area contributed by atoms with Crippen LogP contribution in [0.5, 0.6) is 0 Å². The summed E-state index contributed by atoms with van der Waals surface area (Å²) in [5.74, 6) is -3.92. The van der Waals surface area contributed by atoms with Gasteiger partial charge in [0.15, 0.2) is 11.6 Å². The molecule has 0 spiro atoms. The molecule has 2 aromatic carbocycles. The number of ether oxygens (including phenoxy) is 1. The zero-order valence-electron chi connectivity index (χ0n) is 21.8. The Kier molecular flexibility index (Phi) is 9.52. The number of nitrogens with zero attached hydrogens (tertiary/aromatic N) is 2. The Balaban J connectivity index is 1.44. The van der Waals surface area contributed by atoms with E-state index in [1.807, 2.05) is 11.8 Å². The van der Waals surface area contributed by atoms with E-state index in [9.17, 15) is 31.5 Å². The first-order valence-corrected chi connectivity index (χ1v) is 13.3. The van der Waals surface area contributed by atoms with Gasteiger partial charge in [-0.15, -0.1) is 0 Å². The van der Waals surface area contributed by atoms with Gasteiger partial charge in [-0.05, 0) is 44.0 Å². The van der Waals surface area contributed by atoms with Crippen molar-refractivity contribution in [1.82, 2.24) is 10.2 Å². The minimum atomic E-state index is -4.24. The molecule has 0 radical (unpaired) electrons. The van der Waals surface area contributed by atoms with Gasteiger partial charge in [0.25, 0.3) is 5.91 Å².